The fourth-order valence-corrected chi connectivity index (χ4v) is 3.75. The Morgan fingerprint density at radius 3 is 2.33 bits per heavy atom. The Hall–Kier alpha value is -2.60. The van der Waals surface area contributed by atoms with Gasteiger partial charge in [-0.25, -0.2) is 4.79 Å². The van der Waals surface area contributed by atoms with E-state index in [1.165, 1.54) is 0 Å². The van der Waals surface area contributed by atoms with Crippen LogP contribution in [-0.2, 0) is 9.53 Å². The third-order valence-electron chi connectivity index (χ3n) is 5.09. The van der Waals surface area contributed by atoms with Crippen molar-refractivity contribution in [1.82, 2.24) is 9.88 Å². The molecule has 0 radical (unpaired) electrons. The average molecular weight is 370 g/mol. The molecule has 0 unspecified atom stereocenters. The van der Waals surface area contributed by atoms with Gasteiger partial charge in [0.25, 0.3) is 5.91 Å². The number of ether oxygens (including phenoxy) is 1. The summed E-state index contributed by atoms with van der Waals surface area (Å²) in [6.45, 7) is 6.60. The van der Waals surface area contributed by atoms with Crippen LogP contribution < -0.4 is 0 Å². The summed E-state index contributed by atoms with van der Waals surface area (Å²) in [6, 6.07) is 9.09. The van der Waals surface area contributed by atoms with E-state index in [4.69, 9.17) is 4.74 Å². The molecule has 1 saturated heterocycles. The summed E-state index contributed by atoms with van der Waals surface area (Å²) in [5, 5.41) is 9.94. The summed E-state index contributed by atoms with van der Waals surface area (Å²) >= 11 is 0. The molecule has 1 aliphatic heterocycles. The molecule has 1 aromatic carbocycles. The van der Waals surface area contributed by atoms with E-state index in [-0.39, 0.29) is 11.6 Å². The van der Waals surface area contributed by atoms with Gasteiger partial charge in [0.1, 0.15) is 5.69 Å². The zero-order chi connectivity index (χ0) is 19.6. The van der Waals surface area contributed by atoms with Gasteiger partial charge in [-0.05, 0) is 39.2 Å². The maximum Gasteiger partial charge on any atom is 0.356 e. The van der Waals surface area contributed by atoms with Gasteiger partial charge in [0.05, 0.1) is 6.10 Å². The van der Waals surface area contributed by atoms with E-state index in [9.17, 15) is 14.7 Å². The lowest BCUT2D eigenvalue weighted by Gasteiger charge is -2.23. The number of aryl methyl sites for hydroxylation is 1. The Bertz CT molecular complexity index is 820. The molecule has 2 N–H and O–H groups in total. The molecule has 0 saturated carbocycles. The van der Waals surface area contributed by atoms with Gasteiger partial charge in [0.2, 0.25) is 6.10 Å². The van der Waals surface area contributed by atoms with Crippen molar-refractivity contribution in [2.24, 2.45) is 0 Å². The highest BCUT2D eigenvalue weighted by Gasteiger charge is 2.32. The number of likely N-dealkylation sites (tertiary alicyclic amines) is 1. The molecule has 2 heterocycles. The second-order valence-electron chi connectivity index (χ2n) is 7.07. The van der Waals surface area contributed by atoms with Crippen LogP contribution in [0, 0.1) is 13.8 Å². The zero-order valence-corrected chi connectivity index (χ0v) is 16.0. The highest BCUT2D eigenvalue weighted by atomic mass is 16.5. The molecule has 0 bridgehead atoms. The topological polar surface area (TPSA) is 82.6 Å². The molecule has 1 amide bonds. The van der Waals surface area contributed by atoms with Gasteiger partial charge in [0, 0.05) is 29.9 Å². The smallest absolute Gasteiger partial charge is 0.356 e. The molecular weight excluding hydrogens is 344 g/mol. The van der Waals surface area contributed by atoms with Crippen LogP contribution >= 0.6 is 0 Å². The molecule has 2 aromatic rings. The number of benzene rings is 1. The number of aromatic nitrogens is 1. The van der Waals surface area contributed by atoms with Gasteiger partial charge in [-0.15, -0.1) is 0 Å². The largest absolute Gasteiger partial charge is 0.443 e. The number of aliphatic hydroxyl groups is 1. The Morgan fingerprint density at radius 2 is 1.78 bits per heavy atom. The number of H-pyrrole nitrogens is 1. The maximum atomic E-state index is 13.0. The van der Waals surface area contributed by atoms with Crippen molar-refractivity contribution in [3.05, 3.63) is 58.4 Å². The second-order valence-corrected chi connectivity index (χ2v) is 7.07. The Kier molecular flexibility index (Phi) is 5.65. The lowest BCUT2D eigenvalue weighted by atomic mass is 10.1. The van der Waals surface area contributed by atoms with E-state index in [0.717, 1.165) is 18.5 Å². The summed E-state index contributed by atoms with van der Waals surface area (Å²) in [7, 11) is 0. The Labute approximate surface area is 159 Å². The molecule has 0 spiro atoms. The molecular formula is C21H26N2O4. The number of aromatic amines is 1. The van der Waals surface area contributed by atoms with Crippen LogP contribution in [0.25, 0.3) is 0 Å². The summed E-state index contributed by atoms with van der Waals surface area (Å²) in [5.74, 6) is -0.785. The summed E-state index contributed by atoms with van der Waals surface area (Å²) in [5.41, 5.74) is 2.98. The number of hydrogen-bond acceptors (Lipinski definition) is 4. The highest BCUT2D eigenvalue weighted by molar-refractivity contribution is 5.93. The van der Waals surface area contributed by atoms with Gasteiger partial charge in [0.15, 0.2) is 0 Å². The van der Waals surface area contributed by atoms with E-state index >= 15 is 0 Å². The van der Waals surface area contributed by atoms with Gasteiger partial charge >= 0.3 is 5.97 Å². The molecule has 6 nitrogen and oxygen atoms in total. The van der Waals surface area contributed by atoms with Crippen LogP contribution in [-0.4, -0.2) is 40.0 Å². The molecule has 6 heteroatoms. The second kappa shape index (κ2) is 7.96. The minimum absolute atomic E-state index is 0.191. The number of esters is 1. The molecule has 2 atom stereocenters. The first-order valence-electron chi connectivity index (χ1n) is 9.32. The Morgan fingerprint density at radius 1 is 1.15 bits per heavy atom. The van der Waals surface area contributed by atoms with Crippen LogP contribution in [0.5, 0.6) is 0 Å². The number of nitrogens with zero attached hydrogens (tertiary/aromatic N) is 1. The molecule has 1 fully saturated rings. The summed E-state index contributed by atoms with van der Waals surface area (Å²) in [6.07, 6.45) is 0.260. The molecule has 1 aliphatic rings. The zero-order valence-electron chi connectivity index (χ0n) is 16.0. The molecule has 1 aromatic heterocycles. The minimum Gasteiger partial charge on any atom is -0.443 e. The quantitative estimate of drug-likeness (QED) is 0.792. The molecule has 144 valence electrons. The van der Waals surface area contributed by atoms with E-state index in [0.29, 0.717) is 29.8 Å². The van der Waals surface area contributed by atoms with Crippen molar-refractivity contribution in [2.75, 3.05) is 13.1 Å². The van der Waals surface area contributed by atoms with Gasteiger partial charge in [-0.1, -0.05) is 30.3 Å². The third kappa shape index (κ3) is 3.90. The van der Waals surface area contributed by atoms with Crippen LogP contribution in [0.15, 0.2) is 30.3 Å². The number of rotatable bonds is 5. The first-order valence-corrected chi connectivity index (χ1v) is 9.32. The van der Waals surface area contributed by atoms with E-state index < -0.39 is 18.2 Å². The monoisotopic (exact) mass is 370 g/mol. The predicted octanol–water partition coefficient (Wildman–Crippen LogP) is 3.21. The van der Waals surface area contributed by atoms with Gasteiger partial charge in [-0.2, -0.15) is 0 Å². The van der Waals surface area contributed by atoms with Crippen molar-refractivity contribution in [3.8, 4) is 0 Å². The fourth-order valence-electron chi connectivity index (χ4n) is 3.75. The first-order chi connectivity index (χ1) is 12.9. The standard InChI is InChI=1S/C21H26N2O4/c1-13-17(15(3)24)14(2)22-18(13)21(26)27-19(16-9-5-4-6-10-16)20(25)23-11-7-8-12-23/h4-6,9-10,15,19,22,24H,7-8,11-12H2,1-3H3/t15-,19+/m0/s1. The lowest BCUT2D eigenvalue weighted by Crippen LogP contribution is -2.35. The number of hydrogen-bond donors (Lipinski definition) is 2. The first kappa shape index (κ1) is 19.2. The van der Waals surface area contributed by atoms with E-state index in [1.54, 1.807) is 37.8 Å². The number of carbonyl (C=O) groups excluding carboxylic acids is 2. The average Bonchev–Trinajstić information content (AvgIpc) is 3.27. The summed E-state index contributed by atoms with van der Waals surface area (Å²) in [4.78, 5) is 30.6. The van der Waals surface area contributed by atoms with Crippen molar-refractivity contribution in [3.63, 3.8) is 0 Å². The molecule has 0 aliphatic carbocycles. The van der Waals surface area contributed by atoms with Gasteiger partial charge < -0.3 is 19.7 Å². The van der Waals surface area contributed by atoms with E-state index in [2.05, 4.69) is 4.98 Å². The van der Waals surface area contributed by atoms with Crippen LogP contribution in [0.3, 0.4) is 0 Å². The number of nitrogens with one attached hydrogen (secondary N) is 1. The van der Waals surface area contributed by atoms with Crippen molar-refractivity contribution < 1.29 is 19.4 Å². The fraction of sp³-hybridized carbons (Fsp3) is 0.429. The summed E-state index contributed by atoms with van der Waals surface area (Å²) < 4.78 is 5.68. The molecule has 27 heavy (non-hydrogen) atoms. The number of aliphatic hydroxyl groups excluding tert-OH is 1. The van der Waals surface area contributed by atoms with Crippen LogP contribution in [0.1, 0.15) is 64.8 Å². The van der Waals surface area contributed by atoms with Crippen LogP contribution in [0.2, 0.25) is 0 Å². The van der Waals surface area contributed by atoms with Crippen molar-refractivity contribution in [1.29, 1.82) is 0 Å². The van der Waals surface area contributed by atoms with E-state index in [1.807, 2.05) is 18.2 Å². The van der Waals surface area contributed by atoms with Gasteiger partial charge in [-0.3, -0.25) is 4.79 Å². The van der Waals surface area contributed by atoms with Crippen LogP contribution in [0.4, 0.5) is 0 Å². The van der Waals surface area contributed by atoms with Crippen molar-refractivity contribution in [2.45, 2.75) is 45.8 Å². The highest BCUT2D eigenvalue weighted by Crippen LogP contribution is 2.28. The maximum absolute atomic E-state index is 13.0. The number of carbonyl (C=O) groups is 2. The Balaban J connectivity index is 1.89. The normalized spacial score (nSPS) is 16.2. The number of amides is 1. The SMILES string of the molecule is Cc1[nH]c(C(=O)O[C@@H](C(=O)N2CCCC2)c2ccccc2)c(C)c1[C@H](C)O. The lowest BCUT2D eigenvalue weighted by molar-refractivity contribution is -0.140. The van der Waals surface area contributed by atoms with Crippen molar-refractivity contribution >= 4 is 11.9 Å². The third-order valence-corrected chi connectivity index (χ3v) is 5.09. The minimum atomic E-state index is -0.977. The predicted molar refractivity (Wildman–Crippen MR) is 101 cm³/mol. The molecule has 3 rings (SSSR count).